The average Bonchev–Trinajstić information content (AvgIpc) is 3.14. The van der Waals surface area contributed by atoms with Crippen molar-refractivity contribution in [2.24, 2.45) is 0 Å². The molecule has 6 nitrogen and oxygen atoms in total. The summed E-state index contributed by atoms with van der Waals surface area (Å²) in [6.07, 6.45) is 0. The van der Waals surface area contributed by atoms with Crippen molar-refractivity contribution in [1.82, 2.24) is 14.9 Å². The lowest BCUT2D eigenvalue weighted by Crippen LogP contribution is -2.39. The highest BCUT2D eigenvalue weighted by Crippen LogP contribution is 2.36. The van der Waals surface area contributed by atoms with Crippen LogP contribution in [0.15, 0.2) is 35.7 Å². The highest BCUT2D eigenvalue weighted by atomic mass is 32.1. The number of hydrogen-bond donors (Lipinski definition) is 1. The van der Waals surface area contributed by atoms with Crippen molar-refractivity contribution in [3.8, 4) is 11.1 Å². The molecule has 0 amide bonds. The summed E-state index contributed by atoms with van der Waals surface area (Å²) in [5.74, 6) is 1.60. The lowest BCUT2D eigenvalue weighted by molar-refractivity contribution is 0.0398. The number of thiophene rings is 1. The molecule has 0 aliphatic carbocycles. The summed E-state index contributed by atoms with van der Waals surface area (Å²) in [4.78, 5) is 12.8. The van der Waals surface area contributed by atoms with Gasteiger partial charge in [-0.25, -0.2) is 9.97 Å². The third kappa shape index (κ3) is 4.27. The Bertz CT molecular complexity index is 878. The van der Waals surface area contributed by atoms with Crippen LogP contribution in [0.4, 0.5) is 5.82 Å². The van der Waals surface area contributed by atoms with E-state index >= 15 is 0 Å². The summed E-state index contributed by atoms with van der Waals surface area (Å²) in [7, 11) is 1.67. The highest BCUT2D eigenvalue weighted by Gasteiger charge is 2.16. The number of methoxy groups -OCH3 is 1. The molecule has 1 aromatic carbocycles. The Morgan fingerprint density at radius 2 is 2.00 bits per heavy atom. The minimum Gasteiger partial charge on any atom is -0.379 e. The largest absolute Gasteiger partial charge is 0.379 e. The second kappa shape index (κ2) is 8.75. The smallest absolute Gasteiger partial charge is 0.158 e. The first-order valence-corrected chi connectivity index (χ1v) is 10.1. The molecule has 1 aliphatic heterocycles. The zero-order valence-electron chi connectivity index (χ0n) is 15.5. The third-order valence-corrected chi connectivity index (χ3v) is 5.53. The lowest BCUT2D eigenvalue weighted by Gasteiger charge is -2.26. The maximum Gasteiger partial charge on any atom is 0.158 e. The zero-order valence-corrected chi connectivity index (χ0v) is 16.3. The van der Waals surface area contributed by atoms with Crippen LogP contribution in [0, 0.1) is 0 Å². The van der Waals surface area contributed by atoms with Gasteiger partial charge in [-0.2, -0.15) is 0 Å². The second-order valence-corrected chi connectivity index (χ2v) is 7.36. The minimum atomic E-state index is 0.409. The molecule has 0 radical (unpaired) electrons. The van der Waals surface area contributed by atoms with E-state index in [1.165, 1.54) is 11.1 Å². The highest BCUT2D eigenvalue weighted by molar-refractivity contribution is 7.17. The van der Waals surface area contributed by atoms with Gasteiger partial charge in [0.2, 0.25) is 0 Å². The van der Waals surface area contributed by atoms with Gasteiger partial charge in [-0.15, -0.1) is 11.3 Å². The molecule has 3 heterocycles. The molecule has 0 unspecified atom stereocenters. The number of nitrogens with zero attached hydrogens (tertiary/aromatic N) is 3. The molecular formula is C20H24N4O2S. The molecular weight excluding hydrogens is 360 g/mol. The molecule has 1 N–H and O–H groups in total. The van der Waals surface area contributed by atoms with E-state index in [9.17, 15) is 0 Å². The summed E-state index contributed by atoms with van der Waals surface area (Å²) in [5.41, 5.74) is 2.36. The first-order chi connectivity index (χ1) is 13.3. The maximum absolute atomic E-state index is 5.42. The SMILES string of the molecule is COCc1nc(NCCN2CCOCC2)c2c(-c3ccccc3)csc2n1. The van der Waals surface area contributed by atoms with Gasteiger partial charge in [0.15, 0.2) is 5.82 Å². The van der Waals surface area contributed by atoms with Crippen LogP contribution in [0.1, 0.15) is 5.82 Å². The Kier molecular flexibility index (Phi) is 5.94. The number of anilines is 1. The van der Waals surface area contributed by atoms with Crippen LogP contribution in [-0.2, 0) is 16.1 Å². The fraction of sp³-hybridized carbons (Fsp3) is 0.400. The number of fused-ring (bicyclic) bond motifs is 1. The molecule has 1 aliphatic rings. The topological polar surface area (TPSA) is 59.5 Å². The Morgan fingerprint density at radius 1 is 1.19 bits per heavy atom. The summed E-state index contributed by atoms with van der Waals surface area (Å²) in [5, 5.41) is 6.80. The van der Waals surface area contributed by atoms with E-state index in [-0.39, 0.29) is 0 Å². The first kappa shape index (κ1) is 18.3. The fourth-order valence-corrected chi connectivity index (χ4v) is 4.26. The van der Waals surface area contributed by atoms with Crippen molar-refractivity contribution in [1.29, 1.82) is 0 Å². The van der Waals surface area contributed by atoms with E-state index < -0.39 is 0 Å². The van der Waals surface area contributed by atoms with Crippen LogP contribution in [-0.4, -0.2) is 61.4 Å². The van der Waals surface area contributed by atoms with Crippen LogP contribution in [0.25, 0.3) is 21.3 Å². The van der Waals surface area contributed by atoms with Crippen molar-refractivity contribution in [3.63, 3.8) is 0 Å². The van der Waals surface area contributed by atoms with Crippen LogP contribution in [0.2, 0.25) is 0 Å². The predicted molar refractivity (Wildman–Crippen MR) is 109 cm³/mol. The summed E-state index contributed by atoms with van der Waals surface area (Å²) >= 11 is 1.65. The lowest BCUT2D eigenvalue weighted by atomic mass is 10.1. The molecule has 27 heavy (non-hydrogen) atoms. The van der Waals surface area contributed by atoms with Gasteiger partial charge in [0.25, 0.3) is 0 Å². The average molecular weight is 385 g/mol. The summed E-state index contributed by atoms with van der Waals surface area (Å²) in [6, 6.07) is 10.4. The molecule has 3 aromatic rings. The van der Waals surface area contributed by atoms with Gasteiger partial charge < -0.3 is 14.8 Å². The quantitative estimate of drug-likeness (QED) is 0.675. The molecule has 2 aromatic heterocycles. The van der Waals surface area contributed by atoms with Crippen molar-refractivity contribution >= 4 is 27.4 Å². The number of ether oxygens (including phenoxy) is 2. The monoisotopic (exact) mass is 384 g/mol. The summed E-state index contributed by atoms with van der Waals surface area (Å²) < 4.78 is 10.7. The number of rotatable bonds is 7. The molecule has 4 rings (SSSR count). The molecule has 0 bridgehead atoms. The molecule has 142 valence electrons. The van der Waals surface area contributed by atoms with E-state index in [4.69, 9.17) is 14.5 Å². The zero-order chi connectivity index (χ0) is 18.5. The molecule has 7 heteroatoms. The molecule has 1 fully saturated rings. The van der Waals surface area contributed by atoms with Crippen molar-refractivity contribution in [2.75, 3.05) is 51.8 Å². The Labute approximate surface area is 163 Å². The Balaban J connectivity index is 1.62. The van der Waals surface area contributed by atoms with Crippen molar-refractivity contribution < 1.29 is 9.47 Å². The number of aromatic nitrogens is 2. The van der Waals surface area contributed by atoms with Crippen molar-refractivity contribution in [3.05, 3.63) is 41.5 Å². The summed E-state index contributed by atoms with van der Waals surface area (Å²) in [6.45, 7) is 5.83. The predicted octanol–water partition coefficient (Wildman–Crippen LogP) is 3.25. The van der Waals surface area contributed by atoms with E-state index in [1.54, 1.807) is 18.4 Å². The van der Waals surface area contributed by atoms with Crippen LogP contribution >= 0.6 is 11.3 Å². The number of benzene rings is 1. The van der Waals surface area contributed by atoms with Gasteiger partial charge in [-0.1, -0.05) is 30.3 Å². The maximum atomic E-state index is 5.42. The minimum absolute atomic E-state index is 0.409. The van der Waals surface area contributed by atoms with Gasteiger partial charge in [0, 0.05) is 44.2 Å². The van der Waals surface area contributed by atoms with Gasteiger partial charge in [-0.05, 0) is 5.56 Å². The molecule has 0 spiro atoms. The third-order valence-electron chi connectivity index (χ3n) is 4.66. The van der Waals surface area contributed by atoms with Gasteiger partial charge in [0.1, 0.15) is 17.3 Å². The Morgan fingerprint density at radius 3 is 2.78 bits per heavy atom. The first-order valence-electron chi connectivity index (χ1n) is 9.21. The molecule has 1 saturated heterocycles. The van der Waals surface area contributed by atoms with E-state index in [0.29, 0.717) is 12.4 Å². The molecule has 0 atom stereocenters. The Hall–Kier alpha value is -2.06. The second-order valence-electron chi connectivity index (χ2n) is 6.50. The fourth-order valence-electron chi connectivity index (χ4n) is 3.29. The van der Waals surface area contributed by atoms with Crippen LogP contribution in [0.5, 0.6) is 0 Å². The van der Waals surface area contributed by atoms with Crippen molar-refractivity contribution in [2.45, 2.75) is 6.61 Å². The number of nitrogens with one attached hydrogen (secondary N) is 1. The van der Waals surface area contributed by atoms with Gasteiger partial charge in [0.05, 0.1) is 18.6 Å². The number of hydrogen-bond acceptors (Lipinski definition) is 7. The van der Waals surface area contributed by atoms with E-state index in [0.717, 1.165) is 55.4 Å². The van der Waals surface area contributed by atoms with E-state index in [1.807, 2.05) is 6.07 Å². The van der Waals surface area contributed by atoms with Gasteiger partial charge >= 0.3 is 0 Å². The number of morpholine rings is 1. The normalized spacial score (nSPS) is 15.3. The van der Waals surface area contributed by atoms with E-state index in [2.05, 4.69) is 44.8 Å². The molecule has 0 saturated carbocycles. The van der Waals surface area contributed by atoms with Crippen LogP contribution < -0.4 is 5.32 Å². The van der Waals surface area contributed by atoms with Gasteiger partial charge in [-0.3, -0.25) is 4.90 Å². The standard InChI is InChI=1S/C20H24N4O2S/c1-25-13-17-22-19(21-7-8-24-9-11-26-12-10-24)18-16(14-27-20(18)23-17)15-5-3-2-4-6-15/h2-6,14H,7-13H2,1H3,(H,21,22,23). The van der Waals surface area contributed by atoms with Crippen LogP contribution in [0.3, 0.4) is 0 Å².